The second-order valence-corrected chi connectivity index (χ2v) is 6.74. The summed E-state index contributed by atoms with van der Waals surface area (Å²) in [5.41, 5.74) is 4.11. The van der Waals surface area contributed by atoms with Gasteiger partial charge < -0.3 is 4.90 Å². The zero-order valence-electron chi connectivity index (χ0n) is 14.7. The van der Waals surface area contributed by atoms with Crippen LogP contribution in [0.3, 0.4) is 0 Å². The molecule has 0 amide bonds. The predicted octanol–water partition coefficient (Wildman–Crippen LogP) is 3.34. The van der Waals surface area contributed by atoms with Gasteiger partial charge in [0, 0.05) is 31.2 Å². The molecule has 0 unspecified atom stereocenters. The maximum absolute atomic E-state index is 12.8. The van der Waals surface area contributed by atoms with E-state index in [0.717, 1.165) is 25.2 Å². The van der Waals surface area contributed by atoms with Gasteiger partial charge in [-0.05, 0) is 35.7 Å². The van der Waals surface area contributed by atoms with Crippen molar-refractivity contribution < 1.29 is 0 Å². The first-order valence-electron chi connectivity index (χ1n) is 9.05. The third kappa shape index (κ3) is 2.77. The van der Waals surface area contributed by atoms with Gasteiger partial charge in [0.25, 0.3) is 5.56 Å². The predicted molar refractivity (Wildman–Crippen MR) is 106 cm³/mol. The Bertz CT molecular complexity index is 1180. The Morgan fingerprint density at radius 2 is 1.67 bits per heavy atom. The highest BCUT2D eigenvalue weighted by atomic mass is 16.1. The number of nitrogens with zero attached hydrogens (tertiary/aromatic N) is 4. The number of para-hydroxylation sites is 1. The van der Waals surface area contributed by atoms with Gasteiger partial charge in [0.15, 0.2) is 0 Å². The van der Waals surface area contributed by atoms with Gasteiger partial charge >= 0.3 is 0 Å². The molecule has 0 fully saturated rings. The smallest absolute Gasteiger partial charge is 0.266 e. The van der Waals surface area contributed by atoms with Crippen LogP contribution in [0.25, 0.3) is 16.6 Å². The molecule has 0 saturated heterocycles. The minimum atomic E-state index is -0.103. The molecule has 0 saturated carbocycles. The van der Waals surface area contributed by atoms with Crippen molar-refractivity contribution in [3.8, 4) is 5.69 Å². The molecular formula is C22H18N4O. The van der Waals surface area contributed by atoms with Gasteiger partial charge in [0.1, 0.15) is 0 Å². The summed E-state index contributed by atoms with van der Waals surface area (Å²) in [5.74, 6) is 0.675. The summed E-state index contributed by atoms with van der Waals surface area (Å²) in [7, 11) is 0. The fourth-order valence-corrected chi connectivity index (χ4v) is 3.63. The summed E-state index contributed by atoms with van der Waals surface area (Å²) in [4.78, 5) is 24.2. The van der Waals surface area contributed by atoms with Crippen LogP contribution in [-0.4, -0.2) is 21.1 Å². The van der Waals surface area contributed by atoms with E-state index in [0.29, 0.717) is 16.9 Å². The Balaban J connectivity index is 1.53. The average molecular weight is 354 g/mol. The average Bonchev–Trinajstić information content (AvgIpc) is 2.74. The van der Waals surface area contributed by atoms with Crippen molar-refractivity contribution in [1.82, 2.24) is 14.5 Å². The highest BCUT2D eigenvalue weighted by Crippen LogP contribution is 2.22. The van der Waals surface area contributed by atoms with E-state index in [2.05, 4.69) is 39.1 Å². The van der Waals surface area contributed by atoms with Crippen molar-refractivity contribution in [1.29, 1.82) is 0 Å². The summed E-state index contributed by atoms with van der Waals surface area (Å²) in [5, 5.41) is 0.530. The van der Waals surface area contributed by atoms with Crippen molar-refractivity contribution in [2.45, 2.75) is 13.0 Å². The minimum absolute atomic E-state index is 0.103. The van der Waals surface area contributed by atoms with Crippen LogP contribution in [-0.2, 0) is 13.0 Å². The Hall–Kier alpha value is -3.47. The van der Waals surface area contributed by atoms with Crippen LogP contribution < -0.4 is 10.5 Å². The molecule has 0 N–H and O–H groups in total. The zero-order valence-corrected chi connectivity index (χ0v) is 14.7. The fraction of sp³-hybridized carbons (Fsp3) is 0.136. The number of hydrogen-bond acceptors (Lipinski definition) is 4. The third-order valence-electron chi connectivity index (χ3n) is 5.08. The maximum atomic E-state index is 12.8. The molecule has 27 heavy (non-hydrogen) atoms. The molecule has 2 aromatic heterocycles. The van der Waals surface area contributed by atoms with E-state index in [4.69, 9.17) is 0 Å². The minimum Gasteiger partial charge on any atom is -0.336 e. The van der Waals surface area contributed by atoms with Gasteiger partial charge in [-0.3, -0.25) is 9.36 Å². The normalized spacial score (nSPS) is 13.6. The number of rotatable bonds is 2. The lowest BCUT2D eigenvalue weighted by Gasteiger charge is -2.28. The molecule has 5 rings (SSSR count). The molecule has 1 aliphatic rings. The summed E-state index contributed by atoms with van der Waals surface area (Å²) in [6.07, 6.45) is 4.41. The number of benzene rings is 2. The van der Waals surface area contributed by atoms with Crippen LogP contribution in [0, 0.1) is 0 Å². The molecule has 5 nitrogen and oxygen atoms in total. The molecule has 0 radical (unpaired) electrons. The van der Waals surface area contributed by atoms with Gasteiger partial charge in [-0.15, -0.1) is 0 Å². The van der Waals surface area contributed by atoms with Crippen molar-refractivity contribution in [2.75, 3.05) is 11.4 Å². The molecule has 3 heterocycles. The van der Waals surface area contributed by atoms with Crippen LogP contribution in [0.4, 0.5) is 5.95 Å². The van der Waals surface area contributed by atoms with Gasteiger partial charge in [0.2, 0.25) is 5.95 Å². The lowest BCUT2D eigenvalue weighted by molar-refractivity contribution is 0.710. The van der Waals surface area contributed by atoms with Crippen molar-refractivity contribution >= 4 is 16.9 Å². The molecule has 132 valence electrons. The SMILES string of the molecule is O=c1c2cnc(N3CCc4ccccc4C3)nc2ccn1-c1ccccc1. The second-order valence-electron chi connectivity index (χ2n) is 6.74. The zero-order chi connectivity index (χ0) is 18.2. The van der Waals surface area contributed by atoms with E-state index in [1.807, 2.05) is 36.4 Å². The van der Waals surface area contributed by atoms with Gasteiger partial charge in [-0.2, -0.15) is 0 Å². The molecule has 0 aliphatic carbocycles. The van der Waals surface area contributed by atoms with Gasteiger partial charge in [-0.1, -0.05) is 42.5 Å². The van der Waals surface area contributed by atoms with Gasteiger partial charge in [-0.25, -0.2) is 9.97 Å². The Morgan fingerprint density at radius 3 is 2.52 bits per heavy atom. The van der Waals surface area contributed by atoms with E-state index >= 15 is 0 Å². The van der Waals surface area contributed by atoms with Crippen LogP contribution in [0.5, 0.6) is 0 Å². The van der Waals surface area contributed by atoms with Crippen molar-refractivity contribution in [3.63, 3.8) is 0 Å². The number of pyridine rings is 1. The molecule has 0 atom stereocenters. The van der Waals surface area contributed by atoms with Crippen molar-refractivity contribution in [3.05, 3.63) is 94.5 Å². The first kappa shape index (κ1) is 15.8. The third-order valence-corrected chi connectivity index (χ3v) is 5.08. The molecule has 5 heteroatoms. The van der Waals surface area contributed by atoms with Crippen LogP contribution in [0.2, 0.25) is 0 Å². The molecule has 1 aliphatic heterocycles. The summed E-state index contributed by atoms with van der Waals surface area (Å²) >= 11 is 0. The molecule has 2 aromatic carbocycles. The molecule has 0 bridgehead atoms. The first-order chi connectivity index (χ1) is 13.3. The highest BCUT2D eigenvalue weighted by Gasteiger charge is 2.18. The lowest BCUT2D eigenvalue weighted by atomic mass is 10.0. The monoisotopic (exact) mass is 354 g/mol. The summed E-state index contributed by atoms with van der Waals surface area (Å²) < 4.78 is 1.63. The Kier molecular flexibility index (Phi) is 3.71. The van der Waals surface area contributed by atoms with Crippen molar-refractivity contribution in [2.24, 2.45) is 0 Å². The maximum Gasteiger partial charge on any atom is 0.266 e. The van der Waals surface area contributed by atoms with E-state index in [9.17, 15) is 4.79 Å². The first-order valence-corrected chi connectivity index (χ1v) is 9.05. The lowest BCUT2D eigenvalue weighted by Crippen LogP contribution is -2.31. The Labute approximate surface area is 156 Å². The van der Waals surface area contributed by atoms with E-state index in [1.54, 1.807) is 17.0 Å². The van der Waals surface area contributed by atoms with E-state index in [1.165, 1.54) is 11.1 Å². The van der Waals surface area contributed by atoms with Crippen LogP contribution >= 0.6 is 0 Å². The van der Waals surface area contributed by atoms with Crippen LogP contribution in [0.15, 0.2) is 77.9 Å². The number of anilines is 1. The highest BCUT2D eigenvalue weighted by molar-refractivity contribution is 5.78. The number of aromatic nitrogens is 3. The largest absolute Gasteiger partial charge is 0.336 e. The van der Waals surface area contributed by atoms with Gasteiger partial charge in [0.05, 0.1) is 10.9 Å². The standard InChI is InChI=1S/C22H18N4O/c27-21-19-14-23-22(25-12-10-16-6-4-5-7-17(16)15-25)24-20(19)11-13-26(21)18-8-2-1-3-9-18/h1-9,11,13-14H,10,12,15H2. The Morgan fingerprint density at radius 1 is 0.889 bits per heavy atom. The molecule has 0 spiro atoms. The second kappa shape index (κ2) is 6.36. The van der Waals surface area contributed by atoms with Crippen LogP contribution in [0.1, 0.15) is 11.1 Å². The topological polar surface area (TPSA) is 51.0 Å². The summed E-state index contributed by atoms with van der Waals surface area (Å²) in [6.45, 7) is 1.67. The van der Waals surface area contributed by atoms with E-state index in [-0.39, 0.29) is 5.56 Å². The number of fused-ring (bicyclic) bond motifs is 2. The quantitative estimate of drug-likeness (QED) is 0.554. The molecular weight excluding hydrogens is 336 g/mol. The fourth-order valence-electron chi connectivity index (χ4n) is 3.63. The number of hydrogen-bond donors (Lipinski definition) is 0. The summed E-state index contributed by atoms with van der Waals surface area (Å²) in [6, 6.07) is 19.9. The van der Waals surface area contributed by atoms with E-state index < -0.39 is 0 Å². The molecule has 4 aromatic rings.